The second-order valence-corrected chi connectivity index (χ2v) is 6.01. The molecule has 2 nitrogen and oxygen atoms in total. The quantitative estimate of drug-likeness (QED) is 0.783. The molecule has 0 saturated heterocycles. The monoisotopic (exact) mass is 290 g/mol. The highest BCUT2D eigenvalue weighted by molar-refractivity contribution is 8.01. The first-order chi connectivity index (χ1) is 8.47. The molecule has 0 amide bonds. The summed E-state index contributed by atoms with van der Waals surface area (Å²) < 4.78 is 38.0. The Kier molecular flexibility index (Phi) is 3.91. The minimum atomic E-state index is -4.28. The highest BCUT2D eigenvalue weighted by Gasteiger charge is 2.30. The summed E-state index contributed by atoms with van der Waals surface area (Å²) in [6.45, 7) is 1.93. The SMILES string of the molecule is CC(Sc1nncs1)c1ccc(C(F)(F)F)cc1. The molecule has 0 spiro atoms. The summed E-state index contributed by atoms with van der Waals surface area (Å²) in [5.74, 6) is 0. The van der Waals surface area contributed by atoms with Crippen molar-refractivity contribution in [2.24, 2.45) is 0 Å². The first-order valence-electron chi connectivity index (χ1n) is 5.07. The zero-order valence-electron chi connectivity index (χ0n) is 9.31. The van der Waals surface area contributed by atoms with Gasteiger partial charge in [0.25, 0.3) is 0 Å². The molecule has 0 radical (unpaired) electrons. The summed E-state index contributed by atoms with van der Waals surface area (Å²) in [5, 5.41) is 7.65. The van der Waals surface area contributed by atoms with E-state index in [2.05, 4.69) is 10.2 Å². The number of nitrogens with zero attached hydrogens (tertiary/aromatic N) is 2. The number of alkyl halides is 3. The molecule has 0 fully saturated rings. The summed E-state index contributed by atoms with van der Waals surface area (Å²) in [6, 6.07) is 5.21. The highest BCUT2D eigenvalue weighted by atomic mass is 32.2. The van der Waals surface area contributed by atoms with Crippen molar-refractivity contribution in [3.8, 4) is 0 Å². The molecule has 1 heterocycles. The zero-order valence-corrected chi connectivity index (χ0v) is 10.9. The third-order valence-corrected chi connectivity index (χ3v) is 4.29. The smallest absolute Gasteiger partial charge is 0.166 e. The molecule has 1 aromatic carbocycles. The van der Waals surface area contributed by atoms with Crippen molar-refractivity contribution in [3.63, 3.8) is 0 Å². The van der Waals surface area contributed by atoms with Gasteiger partial charge in [-0.3, -0.25) is 0 Å². The predicted octanol–water partition coefficient (Wildman–Crippen LogP) is 4.41. The first-order valence-corrected chi connectivity index (χ1v) is 6.83. The fourth-order valence-corrected chi connectivity index (χ4v) is 3.13. The van der Waals surface area contributed by atoms with Crippen LogP contribution in [-0.2, 0) is 6.18 Å². The molecule has 96 valence electrons. The van der Waals surface area contributed by atoms with Gasteiger partial charge in [-0.15, -0.1) is 10.2 Å². The Hall–Kier alpha value is -1.08. The van der Waals surface area contributed by atoms with E-state index in [1.807, 2.05) is 6.92 Å². The van der Waals surface area contributed by atoms with Crippen LogP contribution in [0.3, 0.4) is 0 Å². The summed E-state index contributed by atoms with van der Waals surface area (Å²) in [5.41, 5.74) is 1.84. The highest BCUT2D eigenvalue weighted by Crippen LogP contribution is 2.36. The minimum absolute atomic E-state index is 0.0419. The van der Waals surface area contributed by atoms with E-state index in [-0.39, 0.29) is 5.25 Å². The summed E-state index contributed by atoms with van der Waals surface area (Å²) in [6.07, 6.45) is -4.28. The molecule has 0 bridgehead atoms. The van der Waals surface area contributed by atoms with E-state index < -0.39 is 11.7 Å². The maximum Gasteiger partial charge on any atom is 0.416 e. The molecule has 2 rings (SSSR count). The van der Waals surface area contributed by atoms with Crippen molar-refractivity contribution in [2.75, 3.05) is 0 Å². The number of halogens is 3. The Morgan fingerprint density at radius 1 is 1.22 bits per heavy atom. The lowest BCUT2D eigenvalue weighted by molar-refractivity contribution is -0.137. The minimum Gasteiger partial charge on any atom is -0.166 e. The Morgan fingerprint density at radius 3 is 2.39 bits per heavy atom. The Balaban J connectivity index is 2.10. The third-order valence-electron chi connectivity index (χ3n) is 2.33. The van der Waals surface area contributed by atoms with Crippen molar-refractivity contribution < 1.29 is 13.2 Å². The maximum atomic E-state index is 12.4. The standard InChI is InChI=1S/C11H9F3N2S2/c1-7(18-10-16-15-6-17-10)8-2-4-9(5-3-8)11(12,13)14/h2-7H,1H3. The Labute approximate surface area is 110 Å². The van der Waals surface area contributed by atoms with E-state index in [0.717, 1.165) is 22.0 Å². The van der Waals surface area contributed by atoms with Crippen LogP contribution in [0.15, 0.2) is 34.1 Å². The lowest BCUT2D eigenvalue weighted by Gasteiger charge is -2.11. The number of benzene rings is 1. The zero-order chi connectivity index (χ0) is 13.2. The average molecular weight is 290 g/mol. The summed E-state index contributed by atoms with van der Waals surface area (Å²) in [7, 11) is 0. The predicted molar refractivity (Wildman–Crippen MR) is 65.6 cm³/mol. The molecule has 2 aromatic rings. The fraction of sp³-hybridized carbons (Fsp3) is 0.273. The lowest BCUT2D eigenvalue weighted by atomic mass is 10.1. The molecule has 0 aliphatic carbocycles. The van der Waals surface area contributed by atoms with Gasteiger partial charge in [0, 0.05) is 5.25 Å². The second-order valence-electron chi connectivity index (χ2n) is 3.58. The van der Waals surface area contributed by atoms with E-state index in [1.54, 1.807) is 5.51 Å². The molecule has 0 aliphatic heterocycles. The van der Waals surface area contributed by atoms with Crippen molar-refractivity contribution in [1.82, 2.24) is 10.2 Å². The van der Waals surface area contributed by atoms with Gasteiger partial charge in [0.2, 0.25) is 0 Å². The van der Waals surface area contributed by atoms with Gasteiger partial charge < -0.3 is 0 Å². The van der Waals surface area contributed by atoms with Crippen LogP contribution in [0.1, 0.15) is 23.3 Å². The van der Waals surface area contributed by atoms with E-state index >= 15 is 0 Å². The summed E-state index contributed by atoms with van der Waals surface area (Å²) >= 11 is 2.89. The molecule has 1 aromatic heterocycles. The van der Waals surface area contributed by atoms with Gasteiger partial charge >= 0.3 is 6.18 Å². The van der Waals surface area contributed by atoms with Gasteiger partial charge in [-0.1, -0.05) is 35.2 Å². The molecule has 0 N–H and O–H groups in total. The molecule has 18 heavy (non-hydrogen) atoms. The van der Waals surface area contributed by atoms with Crippen LogP contribution in [-0.4, -0.2) is 10.2 Å². The van der Waals surface area contributed by atoms with Crippen molar-refractivity contribution in [1.29, 1.82) is 0 Å². The number of hydrogen-bond donors (Lipinski definition) is 0. The van der Waals surface area contributed by atoms with E-state index in [1.165, 1.54) is 35.2 Å². The Morgan fingerprint density at radius 2 is 1.89 bits per heavy atom. The van der Waals surface area contributed by atoms with Crippen LogP contribution >= 0.6 is 23.1 Å². The number of thioether (sulfide) groups is 1. The number of aromatic nitrogens is 2. The van der Waals surface area contributed by atoms with Crippen LogP contribution in [0.25, 0.3) is 0 Å². The lowest BCUT2D eigenvalue weighted by Crippen LogP contribution is -2.04. The van der Waals surface area contributed by atoms with Gasteiger partial charge in [-0.25, -0.2) is 0 Å². The van der Waals surface area contributed by atoms with Crippen LogP contribution in [0.2, 0.25) is 0 Å². The molecule has 0 saturated carbocycles. The Bertz CT molecular complexity index is 494. The van der Waals surface area contributed by atoms with Crippen LogP contribution in [0.4, 0.5) is 13.2 Å². The van der Waals surface area contributed by atoms with Gasteiger partial charge in [-0.05, 0) is 24.6 Å². The van der Waals surface area contributed by atoms with Crippen LogP contribution in [0, 0.1) is 0 Å². The molecule has 1 atom stereocenters. The van der Waals surface area contributed by atoms with Crippen LogP contribution in [0.5, 0.6) is 0 Å². The molecular formula is C11H9F3N2S2. The first kappa shape index (κ1) is 13.4. The second kappa shape index (κ2) is 5.27. The molecule has 7 heteroatoms. The number of hydrogen-bond acceptors (Lipinski definition) is 4. The average Bonchev–Trinajstić information content (AvgIpc) is 2.81. The molecule has 1 unspecified atom stereocenters. The van der Waals surface area contributed by atoms with Crippen molar-refractivity contribution >= 4 is 23.1 Å². The van der Waals surface area contributed by atoms with Gasteiger partial charge in [-0.2, -0.15) is 13.2 Å². The van der Waals surface area contributed by atoms with E-state index in [4.69, 9.17) is 0 Å². The third kappa shape index (κ3) is 3.23. The largest absolute Gasteiger partial charge is 0.416 e. The normalized spacial score (nSPS) is 13.6. The van der Waals surface area contributed by atoms with Crippen LogP contribution < -0.4 is 0 Å². The number of rotatable bonds is 3. The summed E-state index contributed by atoms with van der Waals surface area (Å²) in [4.78, 5) is 0. The van der Waals surface area contributed by atoms with Crippen molar-refractivity contribution in [3.05, 3.63) is 40.9 Å². The van der Waals surface area contributed by atoms with E-state index in [0.29, 0.717) is 0 Å². The van der Waals surface area contributed by atoms with Gasteiger partial charge in [0.15, 0.2) is 4.34 Å². The van der Waals surface area contributed by atoms with Gasteiger partial charge in [0.05, 0.1) is 5.56 Å². The molecule has 0 aliphatic rings. The van der Waals surface area contributed by atoms with E-state index in [9.17, 15) is 13.2 Å². The maximum absolute atomic E-state index is 12.4. The topological polar surface area (TPSA) is 25.8 Å². The molecular weight excluding hydrogens is 281 g/mol. The fourth-order valence-electron chi connectivity index (χ4n) is 1.38. The van der Waals surface area contributed by atoms with Gasteiger partial charge in [0.1, 0.15) is 5.51 Å². The van der Waals surface area contributed by atoms with Crippen molar-refractivity contribution in [2.45, 2.75) is 22.7 Å².